The largest absolute Gasteiger partial charge is 0.490 e. The van der Waals surface area contributed by atoms with Gasteiger partial charge in [-0.05, 0) is 73.5 Å². The fourth-order valence-electron chi connectivity index (χ4n) is 12.6. The Labute approximate surface area is 592 Å². The summed E-state index contributed by atoms with van der Waals surface area (Å²) < 4.78 is 54.6. The molecule has 98 heavy (non-hydrogen) atoms. The predicted molar refractivity (Wildman–Crippen MR) is 389 cm³/mol. The topological polar surface area (TPSA) is 330 Å². The molecule has 3 amide bonds. The summed E-state index contributed by atoms with van der Waals surface area (Å²) in [4.78, 5) is 38.0. The minimum atomic E-state index is -3.61. The summed E-state index contributed by atoms with van der Waals surface area (Å²) in [5.74, 6) is 0.788. The minimum Gasteiger partial charge on any atom is -0.490 e. The number of hydrogen-bond acceptors (Lipinski definition) is 17. The number of rotatable bonds is 11. The maximum atomic E-state index is 12.0. The maximum absolute atomic E-state index is 12.0. The number of aliphatic hydroxyl groups is 1. The summed E-state index contributed by atoms with van der Waals surface area (Å²) in [7, 11) is -3.22. The van der Waals surface area contributed by atoms with Crippen LogP contribution in [0.5, 0.6) is 5.75 Å². The predicted octanol–water partition coefficient (Wildman–Crippen LogP) is 8.89. The molecule has 526 valence electrons. The molecule has 10 aromatic rings. The number of nitrogens with one attached hydrogen (secondary N) is 5. The minimum absolute atomic E-state index is 0.0220. The highest BCUT2D eigenvalue weighted by Crippen LogP contribution is 2.36. The Morgan fingerprint density at radius 2 is 0.888 bits per heavy atom. The lowest BCUT2D eigenvalue weighted by atomic mass is 10.1. The molecule has 8 N–H and O–H groups in total. The molecule has 5 aromatic heterocycles. The van der Waals surface area contributed by atoms with E-state index < -0.39 is 20.2 Å². The van der Waals surface area contributed by atoms with Gasteiger partial charge in [0.1, 0.15) is 12.4 Å². The smallest absolute Gasteiger partial charge is 0.319 e. The van der Waals surface area contributed by atoms with E-state index in [0.29, 0.717) is 89.8 Å². The summed E-state index contributed by atoms with van der Waals surface area (Å²) in [5.41, 5.74) is 8.58. The van der Waals surface area contributed by atoms with Crippen molar-refractivity contribution in [2.45, 2.75) is 45.7 Å². The number of anilines is 4. The van der Waals surface area contributed by atoms with Crippen LogP contribution < -0.4 is 29.5 Å². The Morgan fingerprint density at radius 3 is 1.27 bits per heavy atom. The molecule has 4 aliphatic heterocycles. The number of halogens is 5. The number of fused-ring (bicyclic) bond motifs is 5. The van der Waals surface area contributed by atoms with Crippen molar-refractivity contribution in [3.05, 3.63) is 117 Å². The summed E-state index contributed by atoms with van der Waals surface area (Å²) in [6.07, 6.45) is 11.8. The molecule has 2 unspecified atom stereocenters. The molecular formula is C63H79Cl5N20O8S2. The zero-order valence-electron chi connectivity index (χ0n) is 54.9. The number of carbonyl (C=O) groups is 2. The van der Waals surface area contributed by atoms with E-state index in [9.17, 15) is 26.4 Å². The summed E-state index contributed by atoms with van der Waals surface area (Å²) in [6, 6.07) is 18.9. The van der Waals surface area contributed by atoms with Crippen LogP contribution in [0.15, 0.2) is 91.6 Å². The normalized spacial score (nSPS) is 17.3. The summed E-state index contributed by atoms with van der Waals surface area (Å²) in [5, 5.41) is 56.7. The van der Waals surface area contributed by atoms with Gasteiger partial charge in [-0.15, -0.1) is 0 Å². The number of carbonyl (C=O) groups excluding carboxylic acids is 2. The van der Waals surface area contributed by atoms with Crippen molar-refractivity contribution >= 4 is 167 Å². The number of urea groups is 1. The average molecular weight is 1490 g/mol. The first-order valence-electron chi connectivity index (χ1n) is 31.7. The monoisotopic (exact) mass is 1480 g/mol. The van der Waals surface area contributed by atoms with Crippen molar-refractivity contribution in [3.8, 4) is 5.75 Å². The van der Waals surface area contributed by atoms with E-state index in [2.05, 4.69) is 77.5 Å². The lowest BCUT2D eigenvalue weighted by Crippen LogP contribution is -2.54. The number of nitrogens with two attached hydrogens (primary N) is 1. The molecule has 4 fully saturated rings. The number of H-pyrrole nitrogens is 5. The van der Waals surface area contributed by atoms with Gasteiger partial charge >= 0.3 is 6.03 Å². The highest BCUT2D eigenvalue weighted by molar-refractivity contribution is 7.88. The molecule has 5 aromatic carbocycles. The van der Waals surface area contributed by atoms with E-state index in [1.807, 2.05) is 77.6 Å². The van der Waals surface area contributed by atoms with Gasteiger partial charge in [-0.1, -0.05) is 71.9 Å². The van der Waals surface area contributed by atoms with E-state index in [-0.39, 0.29) is 37.2 Å². The van der Waals surface area contributed by atoms with Gasteiger partial charge < -0.3 is 44.1 Å². The molecule has 0 aliphatic carbocycles. The molecule has 0 bridgehead atoms. The van der Waals surface area contributed by atoms with Crippen molar-refractivity contribution < 1.29 is 36.3 Å². The Hall–Kier alpha value is -7.62. The second-order valence-corrected chi connectivity index (χ2v) is 29.7. The van der Waals surface area contributed by atoms with Gasteiger partial charge in [0, 0.05) is 194 Å². The Balaban J connectivity index is 0.000000134. The number of piperazine rings is 4. The van der Waals surface area contributed by atoms with Crippen LogP contribution in [0.2, 0.25) is 25.1 Å². The van der Waals surface area contributed by atoms with E-state index in [0.717, 1.165) is 123 Å². The average Bonchev–Trinajstić information content (AvgIpc) is 1.35. The zero-order chi connectivity index (χ0) is 70.2. The van der Waals surface area contributed by atoms with E-state index in [1.54, 1.807) is 60.9 Å². The van der Waals surface area contributed by atoms with Gasteiger partial charge in [0.25, 0.3) is 10.2 Å². The van der Waals surface area contributed by atoms with E-state index in [1.165, 1.54) is 10.6 Å². The highest BCUT2D eigenvalue weighted by atomic mass is 35.5. The second kappa shape index (κ2) is 32.1. The van der Waals surface area contributed by atoms with Crippen LogP contribution in [-0.2, 0) is 25.0 Å². The van der Waals surface area contributed by atoms with Crippen LogP contribution in [0, 0.1) is 0 Å². The van der Waals surface area contributed by atoms with Crippen molar-refractivity contribution in [1.29, 1.82) is 0 Å². The third kappa shape index (κ3) is 17.5. The molecule has 35 heteroatoms. The summed E-state index contributed by atoms with van der Waals surface area (Å²) >= 11 is 30.5. The van der Waals surface area contributed by atoms with Crippen LogP contribution in [0.4, 0.5) is 27.5 Å². The van der Waals surface area contributed by atoms with Crippen molar-refractivity contribution in [2.75, 3.05) is 145 Å². The van der Waals surface area contributed by atoms with Gasteiger partial charge in [0.2, 0.25) is 15.9 Å². The third-order valence-corrected chi connectivity index (χ3v) is 20.9. The van der Waals surface area contributed by atoms with E-state index >= 15 is 0 Å². The molecular weight excluding hydrogens is 1410 g/mol. The lowest BCUT2D eigenvalue weighted by molar-refractivity contribution is -0.131. The van der Waals surface area contributed by atoms with Crippen LogP contribution in [0.1, 0.15) is 33.6 Å². The molecule has 14 rings (SSSR count). The Bertz CT molecular complexity index is 4630. The lowest BCUT2D eigenvalue weighted by Gasteiger charge is -2.42. The highest BCUT2D eigenvalue weighted by Gasteiger charge is 2.34. The van der Waals surface area contributed by atoms with E-state index in [4.69, 9.17) is 73.0 Å². The quantitative estimate of drug-likeness (QED) is 0.0635. The summed E-state index contributed by atoms with van der Waals surface area (Å²) in [6.45, 7) is 15.1. The molecule has 0 saturated carbocycles. The molecule has 0 spiro atoms. The second-order valence-electron chi connectivity index (χ2n) is 24.0. The first kappa shape index (κ1) is 73.1. The fraction of sp³-hybridized carbons (Fsp3) is 0.413. The van der Waals surface area contributed by atoms with Gasteiger partial charge in [-0.25, -0.2) is 18.4 Å². The number of hydrogen-bond donors (Lipinski definition) is 7. The maximum Gasteiger partial charge on any atom is 0.319 e. The number of aliphatic hydroxyl groups excluding tert-OH is 1. The number of sulfonamides is 1. The number of nitrogens with zero attached hydrogens (tertiary/aromatic N) is 14. The van der Waals surface area contributed by atoms with Crippen molar-refractivity contribution in [2.24, 2.45) is 5.14 Å². The van der Waals surface area contributed by atoms with Gasteiger partial charge in [0.05, 0.1) is 76.8 Å². The van der Waals surface area contributed by atoms with Crippen LogP contribution >= 0.6 is 58.0 Å². The number of benzene rings is 5. The molecule has 9 heterocycles. The third-order valence-electron chi connectivity index (χ3n) is 17.4. The van der Waals surface area contributed by atoms with Crippen LogP contribution in [-0.4, -0.2) is 245 Å². The molecule has 2 atom stereocenters. The number of amides is 3. The Kier molecular flexibility index (Phi) is 24.0. The number of aromatic nitrogens is 10. The zero-order valence-corrected chi connectivity index (χ0v) is 60.3. The number of aromatic amines is 5. The van der Waals surface area contributed by atoms with Gasteiger partial charge in [-0.3, -0.25) is 30.3 Å². The fourth-order valence-corrected chi connectivity index (χ4v) is 15.5. The van der Waals surface area contributed by atoms with Crippen LogP contribution in [0.3, 0.4) is 0 Å². The molecule has 0 radical (unpaired) electrons. The van der Waals surface area contributed by atoms with Crippen LogP contribution in [0.25, 0.3) is 54.5 Å². The first-order valence-corrected chi connectivity index (χ1v) is 36.9. The molecule has 4 aliphatic rings. The SMILES string of the molecule is CCC1CN(c2cc(Cl)cc3[nH]ncc23)CCN1C(C)=O.CCC1CN(c2cc(Cl)cc3[nH]ncc23)CCN1S(C)(=O)=O.CN(C)C(=O)N1CCN(c2cc(Cl)cc3[nH]ncc23)CC1.NS(=O)(=O)N1CCN(c2cc(Cl)cc3[nH]ncc23)CC1.OCCOc1cc(Cl)cc2[nH]ncc12. The molecule has 28 nitrogen and oxygen atoms in total. The molecule has 4 saturated heterocycles. The van der Waals surface area contributed by atoms with Crippen molar-refractivity contribution in [3.63, 3.8) is 0 Å². The van der Waals surface area contributed by atoms with Gasteiger partial charge in [0.15, 0.2) is 0 Å². The standard InChI is InChI=1S/C15H19ClN4O.C14H18ClN5O.C14H19ClN4O2S.C11H14ClN5O2S.C9H9ClN2O2/c1-3-12-9-19(4-5-20(12)10(2)21)15-7-11(16)6-14-13(15)8-17-18-14;1-18(2)14(21)20-5-3-19(4-6-20)13-8-10(15)7-12-11(13)9-16-17-12;1-3-11-9-18(4-5-19(11)22(2,20)21)14-7-10(15)6-13-12(14)8-16-17-13;12-8-5-10-9(7-14-15-10)11(6-8)16-1-3-17(4-2-16)20(13,18)19;10-6-3-8-7(5-11-12-8)9(4-6)14-2-1-13/h6-8,12H,3-5,9H2,1-2H3,(H,17,18);7-9H,3-6H2,1-2H3,(H,16,17);6-8,11H,3-5,9H2,1-2H3,(H,16,17);5-7H,1-4H2,(H,14,15)(H2,13,18,19);3-5,13H,1-2H2,(H,11,12). The van der Waals surface area contributed by atoms with Gasteiger partial charge in [-0.2, -0.15) is 42.5 Å². The van der Waals surface area contributed by atoms with Crippen molar-refractivity contribution in [1.82, 2.24) is 74.3 Å². The Morgan fingerprint density at radius 1 is 0.531 bits per heavy atom. The first-order chi connectivity index (χ1) is 46.8. The number of ether oxygens (including phenoxy) is 1.